The van der Waals surface area contributed by atoms with E-state index in [1.807, 2.05) is 25.1 Å². The molecule has 4 nitrogen and oxygen atoms in total. The van der Waals surface area contributed by atoms with Gasteiger partial charge in [0.15, 0.2) is 0 Å². The fourth-order valence-electron chi connectivity index (χ4n) is 2.57. The Hall–Kier alpha value is -1.81. The van der Waals surface area contributed by atoms with E-state index in [9.17, 15) is 4.79 Å². The van der Waals surface area contributed by atoms with Gasteiger partial charge in [0.1, 0.15) is 5.58 Å². The van der Waals surface area contributed by atoms with Crippen molar-refractivity contribution in [3.05, 3.63) is 39.7 Å². The first-order chi connectivity index (χ1) is 9.62. The molecule has 108 valence electrons. The first kappa shape index (κ1) is 14.6. The average molecular weight is 275 g/mol. The van der Waals surface area contributed by atoms with Crippen molar-refractivity contribution >= 4 is 16.7 Å². The molecule has 2 aromatic rings. The van der Waals surface area contributed by atoms with Crippen LogP contribution in [0.1, 0.15) is 25.0 Å². The number of benzene rings is 1. The lowest BCUT2D eigenvalue weighted by atomic mass is 10.0. The highest BCUT2D eigenvalue weighted by Gasteiger charge is 2.12. The van der Waals surface area contributed by atoms with Crippen molar-refractivity contribution in [1.29, 1.82) is 0 Å². The highest BCUT2D eigenvalue weighted by atomic mass is 16.4. The van der Waals surface area contributed by atoms with Gasteiger partial charge in [-0.15, -0.1) is 0 Å². The maximum absolute atomic E-state index is 12.0. The van der Waals surface area contributed by atoms with Crippen LogP contribution in [-0.4, -0.2) is 24.8 Å². The molecular weight excluding hydrogens is 254 g/mol. The maximum atomic E-state index is 12.0. The first-order valence-corrected chi connectivity index (χ1v) is 7.04. The second-order valence-electron chi connectivity index (χ2n) is 4.82. The van der Waals surface area contributed by atoms with E-state index in [1.165, 1.54) is 0 Å². The number of rotatable bonds is 5. The molecule has 0 spiro atoms. The SMILES string of the molecule is CCN(CC)c1ccc2c(C)c(CCO)c(=O)oc2c1. The lowest BCUT2D eigenvalue weighted by molar-refractivity contribution is 0.297. The molecule has 1 aromatic carbocycles. The Morgan fingerprint density at radius 3 is 2.55 bits per heavy atom. The van der Waals surface area contributed by atoms with Crippen molar-refractivity contribution in [1.82, 2.24) is 0 Å². The highest BCUT2D eigenvalue weighted by molar-refractivity contribution is 5.84. The molecule has 1 aromatic heterocycles. The molecular formula is C16H21NO3. The zero-order valence-corrected chi connectivity index (χ0v) is 12.3. The van der Waals surface area contributed by atoms with Crippen LogP contribution in [0.3, 0.4) is 0 Å². The van der Waals surface area contributed by atoms with E-state index in [0.29, 0.717) is 17.6 Å². The van der Waals surface area contributed by atoms with Gasteiger partial charge in [0.05, 0.1) is 0 Å². The van der Waals surface area contributed by atoms with E-state index in [1.54, 1.807) is 0 Å². The molecule has 0 unspecified atom stereocenters. The minimum Gasteiger partial charge on any atom is -0.422 e. The number of hydrogen-bond acceptors (Lipinski definition) is 4. The standard InChI is InChI=1S/C16H21NO3/c1-4-17(5-2)12-6-7-13-11(3)14(8-9-18)16(19)20-15(13)10-12/h6-7,10,18H,4-5,8-9H2,1-3H3. The molecule has 0 saturated heterocycles. The third-order valence-electron chi connectivity index (χ3n) is 3.76. The van der Waals surface area contributed by atoms with E-state index < -0.39 is 0 Å². The number of aliphatic hydroxyl groups excluding tert-OH is 1. The monoisotopic (exact) mass is 275 g/mol. The zero-order chi connectivity index (χ0) is 14.7. The third kappa shape index (κ3) is 2.56. The van der Waals surface area contributed by atoms with E-state index in [4.69, 9.17) is 9.52 Å². The smallest absolute Gasteiger partial charge is 0.339 e. The number of anilines is 1. The lowest BCUT2D eigenvalue weighted by Gasteiger charge is -2.21. The van der Waals surface area contributed by atoms with Crippen molar-refractivity contribution in [2.45, 2.75) is 27.2 Å². The van der Waals surface area contributed by atoms with Crippen LogP contribution in [0.4, 0.5) is 5.69 Å². The van der Waals surface area contributed by atoms with Crippen LogP contribution < -0.4 is 10.5 Å². The Kier molecular flexibility index (Phi) is 4.45. The molecule has 1 N–H and O–H groups in total. The number of hydrogen-bond donors (Lipinski definition) is 1. The topological polar surface area (TPSA) is 53.7 Å². The van der Waals surface area contributed by atoms with Crippen LogP contribution in [0, 0.1) is 6.92 Å². The van der Waals surface area contributed by atoms with Gasteiger partial charge in [-0.25, -0.2) is 4.79 Å². The molecule has 0 radical (unpaired) electrons. The summed E-state index contributed by atoms with van der Waals surface area (Å²) < 4.78 is 5.41. The van der Waals surface area contributed by atoms with Gasteiger partial charge in [-0.1, -0.05) is 0 Å². The van der Waals surface area contributed by atoms with Crippen molar-refractivity contribution in [2.24, 2.45) is 0 Å². The van der Waals surface area contributed by atoms with Crippen LogP contribution in [0.2, 0.25) is 0 Å². The Balaban J connectivity index is 2.60. The maximum Gasteiger partial charge on any atom is 0.339 e. The van der Waals surface area contributed by atoms with Gasteiger partial charge in [0.25, 0.3) is 0 Å². The highest BCUT2D eigenvalue weighted by Crippen LogP contribution is 2.25. The van der Waals surface area contributed by atoms with Gasteiger partial charge in [-0.05, 0) is 38.5 Å². The fourth-order valence-corrected chi connectivity index (χ4v) is 2.57. The Bertz CT molecular complexity index is 657. The van der Waals surface area contributed by atoms with Crippen molar-refractivity contribution in [2.75, 3.05) is 24.6 Å². The average Bonchev–Trinajstić information content (AvgIpc) is 2.44. The van der Waals surface area contributed by atoms with Crippen LogP contribution >= 0.6 is 0 Å². The van der Waals surface area contributed by atoms with Gasteiger partial charge in [-0.3, -0.25) is 0 Å². The Morgan fingerprint density at radius 1 is 1.25 bits per heavy atom. The molecule has 0 saturated carbocycles. The van der Waals surface area contributed by atoms with Gasteiger partial charge in [0, 0.05) is 48.8 Å². The number of aryl methyl sites for hydroxylation is 1. The molecule has 0 aliphatic carbocycles. The van der Waals surface area contributed by atoms with Gasteiger partial charge in [-0.2, -0.15) is 0 Å². The van der Waals surface area contributed by atoms with E-state index in [0.717, 1.165) is 29.7 Å². The minimum atomic E-state index is -0.347. The Morgan fingerprint density at radius 2 is 1.95 bits per heavy atom. The normalized spacial score (nSPS) is 11.0. The van der Waals surface area contributed by atoms with Gasteiger partial charge in [0.2, 0.25) is 0 Å². The number of fused-ring (bicyclic) bond motifs is 1. The minimum absolute atomic E-state index is 0.0470. The van der Waals surface area contributed by atoms with Crippen LogP contribution in [0.5, 0.6) is 0 Å². The molecule has 0 aliphatic rings. The summed E-state index contributed by atoms with van der Waals surface area (Å²) in [6, 6.07) is 5.95. The Labute approximate surface area is 118 Å². The zero-order valence-electron chi connectivity index (χ0n) is 12.3. The molecule has 1 heterocycles. The fraction of sp³-hybridized carbons (Fsp3) is 0.438. The molecule has 0 atom stereocenters. The third-order valence-corrected chi connectivity index (χ3v) is 3.76. The van der Waals surface area contributed by atoms with Crippen molar-refractivity contribution in [3.8, 4) is 0 Å². The predicted octanol–water partition coefficient (Wildman–Crippen LogP) is 2.48. The molecule has 20 heavy (non-hydrogen) atoms. The predicted molar refractivity (Wildman–Crippen MR) is 81.6 cm³/mol. The molecule has 0 aliphatic heterocycles. The largest absolute Gasteiger partial charge is 0.422 e. The number of aliphatic hydroxyl groups is 1. The second kappa shape index (κ2) is 6.09. The van der Waals surface area contributed by atoms with Gasteiger partial charge >= 0.3 is 5.63 Å². The van der Waals surface area contributed by atoms with E-state index in [-0.39, 0.29) is 12.2 Å². The van der Waals surface area contributed by atoms with Crippen LogP contribution in [0.15, 0.2) is 27.4 Å². The van der Waals surface area contributed by atoms with Crippen molar-refractivity contribution < 1.29 is 9.52 Å². The number of nitrogens with zero attached hydrogens (tertiary/aromatic N) is 1. The summed E-state index contributed by atoms with van der Waals surface area (Å²) >= 11 is 0. The molecule has 0 fully saturated rings. The molecule has 0 bridgehead atoms. The molecule has 0 amide bonds. The second-order valence-corrected chi connectivity index (χ2v) is 4.82. The summed E-state index contributed by atoms with van der Waals surface area (Å²) in [4.78, 5) is 14.2. The van der Waals surface area contributed by atoms with E-state index in [2.05, 4.69) is 18.7 Å². The summed E-state index contributed by atoms with van der Waals surface area (Å²) in [6.45, 7) is 7.87. The van der Waals surface area contributed by atoms with Crippen LogP contribution in [-0.2, 0) is 6.42 Å². The van der Waals surface area contributed by atoms with Crippen molar-refractivity contribution in [3.63, 3.8) is 0 Å². The quantitative estimate of drug-likeness (QED) is 0.852. The lowest BCUT2D eigenvalue weighted by Crippen LogP contribution is -2.21. The molecule has 2 rings (SSSR count). The van der Waals surface area contributed by atoms with Gasteiger partial charge < -0.3 is 14.4 Å². The van der Waals surface area contributed by atoms with E-state index >= 15 is 0 Å². The van der Waals surface area contributed by atoms with Crippen LogP contribution in [0.25, 0.3) is 11.0 Å². The summed E-state index contributed by atoms with van der Waals surface area (Å²) in [5.41, 5.74) is 2.78. The summed E-state index contributed by atoms with van der Waals surface area (Å²) in [5.74, 6) is 0. The molecule has 4 heteroatoms. The summed E-state index contributed by atoms with van der Waals surface area (Å²) in [6.07, 6.45) is 0.335. The summed E-state index contributed by atoms with van der Waals surface area (Å²) in [5, 5.41) is 9.97. The summed E-state index contributed by atoms with van der Waals surface area (Å²) in [7, 11) is 0. The first-order valence-electron chi connectivity index (χ1n) is 7.04.